The maximum Gasteiger partial charge on any atom is 0.334 e. The van der Waals surface area contributed by atoms with Gasteiger partial charge in [-0.15, -0.1) is 0 Å². The second-order valence-corrected chi connectivity index (χ2v) is 4.30. The number of hydrogen-bond acceptors (Lipinski definition) is 2. The summed E-state index contributed by atoms with van der Waals surface area (Å²) >= 11 is 0. The van der Waals surface area contributed by atoms with E-state index in [1.165, 1.54) is 24.0 Å². The molecule has 3 heteroatoms. The molecule has 0 atom stereocenters. The Labute approximate surface area is 101 Å². The zero-order valence-corrected chi connectivity index (χ0v) is 9.74. The van der Waals surface area contributed by atoms with Gasteiger partial charge >= 0.3 is 5.97 Å². The Morgan fingerprint density at radius 1 is 1.35 bits per heavy atom. The predicted octanol–water partition coefficient (Wildman–Crippen LogP) is 2.58. The van der Waals surface area contributed by atoms with Crippen LogP contribution in [0.25, 0.3) is 0 Å². The van der Waals surface area contributed by atoms with E-state index in [-0.39, 0.29) is 12.2 Å². The molecule has 0 heterocycles. The van der Waals surface area contributed by atoms with E-state index in [0.717, 1.165) is 18.6 Å². The Balaban J connectivity index is 2.11. The molecule has 1 aliphatic carbocycles. The molecule has 1 aromatic carbocycles. The van der Waals surface area contributed by atoms with Crippen LogP contribution in [0.2, 0.25) is 0 Å². The fraction of sp³-hybridized carbons (Fsp3) is 0.357. The van der Waals surface area contributed by atoms with Crippen molar-refractivity contribution in [2.75, 3.05) is 6.61 Å². The number of benzene rings is 1. The van der Waals surface area contributed by atoms with Crippen LogP contribution in [0.15, 0.2) is 30.4 Å². The van der Waals surface area contributed by atoms with Crippen molar-refractivity contribution >= 4 is 5.97 Å². The lowest BCUT2D eigenvalue weighted by molar-refractivity contribution is -0.133. The maximum atomic E-state index is 10.6. The van der Waals surface area contributed by atoms with E-state index in [9.17, 15) is 4.79 Å². The van der Waals surface area contributed by atoms with Gasteiger partial charge in [0.2, 0.25) is 0 Å². The first kappa shape index (κ1) is 11.7. The van der Waals surface area contributed by atoms with Gasteiger partial charge in [0.25, 0.3) is 0 Å². The Morgan fingerprint density at radius 3 is 2.88 bits per heavy atom. The summed E-state index contributed by atoms with van der Waals surface area (Å²) in [6, 6.07) is 5.98. The van der Waals surface area contributed by atoms with Gasteiger partial charge in [0.1, 0.15) is 12.4 Å². The molecule has 2 rings (SSSR count). The number of rotatable bonds is 4. The van der Waals surface area contributed by atoms with Gasteiger partial charge in [-0.3, -0.25) is 0 Å². The van der Waals surface area contributed by atoms with Gasteiger partial charge < -0.3 is 9.84 Å². The normalized spacial score (nSPS) is 13.9. The first-order valence-electron chi connectivity index (χ1n) is 5.83. The Bertz CT molecular complexity index is 449. The average Bonchev–Trinajstić information content (AvgIpc) is 2.35. The zero-order chi connectivity index (χ0) is 12.3. The quantitative estimate of drug-likeness (QED) is 0.811. The molecule has 0 aromatic heterocycles. The molecule has 90 valence electrons. The van der Waals surface area contributed by atoms with Crippen LogP contribution in [0.3, 0.4) is 0 Å². The first-order chi connectivity index (χ1) is 8.18. The van der Waals surface area contributed by atoms with E-state index in [2.05, 4.69) is 12.6 Å². The summed E-state index contributed by atoms with van der Waals surface area (Å²) in [5.41, 5.74) is 2.64. The van der Waals surface area contributed by atoms with Crippen molar-refractivity contribution in [3.8, 4) is 5.75 Å². The summed E-state index contributed by atoms with van der Waals surface area (Å²) in [4.78, 5) is 10.6. The lowest BCUT2D eigenvalue weighted by Crippen LogP contribution is -2.11. The van der Waals surface area contributed by atoms with Gasteiger partial charge in [-0.2, -0.15) is 0 Å². The summed E-state index contributed by atoms with van der Waals surface area (Å²) in [6.45, 7) is 3.50. The van der Waals surface area contributed by atoms with E-state index >= 15 is 0 Å². The minimum absolute atomic E-state index is 0.0474. The maximum absolute atomic E-state index is 10.6. The minimum atomic E-state index is -1.00. The predicted molar refractivity (Wildman–Crippen MR) is 65.4 cm³/mol. The molecular weight excluding hydrogens is 216 g/mol. The molecule has 3 nitrogen and oxygen atoms in total. The fourth-order valence-electron chi connectivity index (χ4n) is 2.11. The summed E-state index contributed by atoms with van der Waals surface area (Å²) in [7, 11) is 0. The van der Waals surface area contributed by atoms with Gasteiger partial charge in [-0.05, 0) is 42.9 Å². The molecule has 1 aromatic rings. The lowest BCUT2D eigenvalue weighted by Gasteiger charge is -2.19. The van der Waals surface area contributed by atoms with Crippen LogP contribution in [0.4, 0.5) is 0 Å². The number of ether oxygens (including phenoxy) is 1. The van der Waals surface area contributed by atoms with Crippen molar-refractivity contribution in [2.24, 2.45) is 0 Å². The van der Waals surface area contributed by atoms with Gasteiger partial charge in [0.15, 0.2) is 0 Å². The Hall–Kier alpha value is -1.77. The van der Waals surface area contributed by atoms with Crippen molar-refractivity contribution < 1.29 is 14.6 Å². The molecule has 0 aliphatic heterocycles. The van der Waals surface area contributed by atoms with Crippen molar-refractivity contribution in [2.45, 2.75) is 25.7 Å². The smallest absolute Gasteiger partial charge is 0.334 e. The third-order valence-corrected chi connectivity index (χ3v) is 3.06. The number of hydrogen-bond donors (Lipinski definition) is 1. The van der Waals surface area contributed by atoms with Gasteiger partial charge in [-0.1, -0.05) is 18.7 Å². The Kier molecular flexibility index (Phi) is 3.47. The third-order valence-electron chi connectivity index (χ3n) is 3.06. The van der Waals surface area contributed by atoms with Crippen molar-refractivity contribution in [3.63, 3.8) is 0 Å². The van der Waals surface area contributed by atoms with Crippen molar-refractivity contribution in [1.29, 1.82) is 0 Å². The number of aliphatic carboxylic acids is 1. The molecule has 0 fully saturated rings. The van der Waals surface area contributed by atoms with E-state index in [4.69, 9.17) is 9.84 Å². The molecule has 0 bridgehead atoms. The van der Waals surface area contributed by atoms with Crippen LogP contribution in [-0.2, 0) is 17.6 Å². The number of aryl methyl sites for hydroxylation is 1. The summed E-state index contributed by atoms with van der Waals surface area (Å²) in [5, 5.41) is 8.72. The van der Waals surface area contributed by atoms with E-state index < -0.39 is 5.97 Å². The number of fused-ring (bicyclic) bond motifs is 1. The molecule has 0 radical (unpaired) electrons. The molecule has 1 N–H and O–H groups in total. The van der Waals surface area contributed by atoms with Crippen LogP contribution in [0.5, 0.6) is 5.75 Å². The topological polar surface area (TPSA) is 46.5 Å². The molecular formula is C14H16O3. The highest BCUT2D eigenvalue weighted by atomic mass is 16.5. The Morgan fingerprint density at radius 2 is 2.12 bits per heavy atom. The fourth-order valence-corrected chi connectivity index (χ4v) is 2.11. The summed E-state index contributed by atoms with van der Waals surface area (Å²) in [6.07, 6.45) is 4.50. The van der Waals surface area contributed by atoms with Crippen LogP contribution < -0.4 is 4.74 Å². The minimum Gasteiger partial charge on any atom is -0.488 e. The number of carboxylic acid groups (broad SMARTS) is 1. The molecule has 0 spiro atoms. The van der Waals surface area contributed by atoms with Gasteiger partial charge in [0, 0.05) is 0 Å². The van der Waals surface area contributed by atoms with Crippen LogP contribution >= 0.6 is 0 Å². The molecule has 0 unspecified atom stereocenters. The SMILES string of the molecule is C=C(COc1cccc2c1CCCC2)C(=O)O. The zero-order valence-electron chi connectivity index (χ0n) is 9.74. The average molecular weight is 232 g/mol. The highest BCUT2D eigenvalue weighted by molar-refractivity contribution is 5.86. The molecule has 0 saturated carbocycles. The first-order valence-corrected chi connectivity index (χ1v) is 5.83. The largest absolute Gasteiger partial charge is 0.488 e. The number of carboxylic acids is 1. The third kappa shape index (κ3) is 2.67. The molecule has 17 heavy (non-hydrogen) atoms. The van der Waals surface area contributed by atoms with E-state index in [1.807, 2.05) is 12.1 Å². The van der Waals surface area contributed by atoms with Gasteiger partial charge in [0.05, 0.1) is 5.57 Å². The molecule has 0 amide bonds. The molecule has 0 saturated heterocycles. The lowest BCUT2D eigenvalue weighted by atomic mass is 9.91. The van der Waals surface area contributed by atoms with Crippen LogP contribution in [-0.4, -0.2) is 17.7 Å². The number of carbonyl (C=O) groups is 1. The van der Waals surface area contributed by atoms with Crippen molar-refractivity contribution in [1.82, 2.24) is 0 Å². The van der Waals surface area contributed by atoms with Crippen LogP contribution in [0, 0.1) is 0 Å². The molecule has 1 aliphatic rings. The van der Waals surface area contributed by atoms with E-state index in [0.29, 0.717) is 0 Å². The summed E-state index contributed by atoms with van der Waals surface area (Å²) < 4.78 is 5.55. The monoisotopic (exact) mass is 232 g/mol. The van der Waals surface area contributed by atoms with Gasteiger partial charge in [-0.25, -0.2) is 4.79 Å². The highest BCUT2D eigenvalue weighted by Gasteiger charge is 2.14. The standard InChI is InChI=1S/C14H16O3/c1-10(14(15)16)9-17-13-8-4-6-11-5-2-3-7-12(11)13/h4,6,8H,1-3,5,7,9H2,(H,15,16). The van der Waals surface area contributed by atoms with Crippen molar-refractivity contribution in [3.05, 3.63) is 41.5 Å². The highest BCUT2D eigenvalue weighted by Crippen LogP contribution is 2.29. The second-order valence-electron chi connectivity index (χ2n) is 4.30. The van der Waals surface area contributed by atoms with Crippen LogP contribution in [0.1, 0.15) is 24.0 Å². The summed E-state index contributed by atoms with van der Waals surface area (Å²) in [5.74, 6) is -0.195. The van der Waals surface area contributed by atoms with E-state index in [1.54, 1.807) is 0 Å². The second kappa shape index (κ2) is 5.04.